The van der Waals surface area contributed by atoms with Gasteiger partial charge in [0.05, 0.1) is 11.8 Å². The van der Waals surface area contributed by atoms with Crippen LogP contribution in [0.25, 0.3) is 0 Å². The number of benzene rings is 1. The molecule has 1 aromatic heterocycles. The maximum Gasteiger partial charge on any atom is 0.288 e. The van der Waals surface area contributed by atoms with E-state index in [1.165, 1.54) is 7.05 Å². The topological polar surface area (TPSA) is 62.7 Å². The highest BCUT2D eigenvalue weighted by Gasteiger charge is 2.37. The normalized spacial score (nSPS) is 17.8. The Bertz CT molecular complexity index is 1030. The molecule has 1 unspecified atom stereocenters. The lowest BCUT2D eigenvalue weighted by atomic mass is 9.98. The van der Waals surface area contributed by atoms with Crippen LogP contribution in [0.2, 0.25) is 0 Å². The number of carbonyl (C=O) groups is 2. The summed E-state index contributed by atoms with van der Waals surface area (Å²) < 4.78 is 23.3. The number of likely N-dealkylation sites (N-methyl/N-ethyl adjacent to an activating group) is 1. The Labute approximate surface area is 185 Å². The first-order chi connectivity index (χ1) is 15.1. The van der Waals surface area contributed by atoms with Crippen molar-refractivity contribution in [2.75, 3.05) is 31.6 Å². The van der Waals surface area contributed by atoms with Gasteiger partial charge in [-0.25, -0.2) is 4.98 Å². The molecule has 7 heteroatoms. The van der Waals surface area contributed by atoms with Crippen molar-refractivity contribution >= 4 is 28.7 Å². The fourth-order valence-corrected chi connectivity index (χ4v) is 4.22. The van der Waals surface area contributed by atoms with Crippen LogP contribution < -0.4 is 9.64 Å². The number of rotatable bonds is 8. The summed E-state index contributed by atoms with van der Waals surface area (Å²) in [5.74, 6) is 1.11. The third-order valence-electron chi connectivity index (χ3n) is 5.35. The fourth-order valence-electron chi connectivity index (χ4n) is 3.33. The lowest BCUT2D eigenvalue weighted by Gasteiger charge is -2.24. The van der Waals surface area contributed by atoms with Gasteiger partial charge < -0.3 is 9.64 Å². The van der Waals surface area contributed by atoms with Crippen molar-refractivity contribution in [1.82, 2.24) is 9.88 Å². The van der Waals surface area contributed by atoms with Crippen LogP contribution in [-0.4, -0.2) is 53.0 Å². The molecule has 160 valence electrons. The largest absolute Gasteiger partial charge is 0.491 e. The molecule has 30 heavy (non-hydrogen) atoms. The minimum absolute atomic E-state index is 0.399. The zero-order valence-electron chi connectivity index (χ0n) is 20.1. The van der Waals surface area contributed by atoms with Crippen molar-refractivity contribution in [2.45, 2.75) is 39.3 Å². The van der Waals surface area contributed by atoms with Crippen molar-refractivity contribution in [3.8, 4) is 5.75 Å². The molecule has 1 atom stereocenters. The summed E-state index contributed by atoms with van der Waals surface area (Å²) in [4.78, 5) is 31.9. The highest BCUT2D eigenvalue weighted by molar-refractivity contribution is 8.15. The average molecular weight is 430 g/mol. The van der Waals surface area contributed by atoms with Gasteiger partial charge in [0.25, 0.3) is 5.24 Å². The van der Waals surface area contributed by atoms with E-state index in [4.69, 9.17) is 7.48 Å². The molecule has 6 nitrogen and oxygen atoms in total. The van der Waals surface area contributed by atoms with Crippen LogP contribution in [0, 0.1) is 20.8 Å². The van der Waals surface area contributed by atoms with E-state index in [0.717, 1.165) is 45.7 Å². The van der Waals surface area contributed by atoms with Crippen molar-refractivity contribution in [2.24, 2.45) is 0 Å². The summed E-state index contributed by atoms with van der Waals surface area (Å²) in [5.41, 5.74) is 3.04. The molecule has 0 radical (unpaired) electrons. The Hall–Kier alpha value is -2.54. The van der Waals surface area contributed by atoms with E-state index in [1.807, 2.05) is 32.9 Å². The Morgan fingerprint density at radius 3 is 2.63 bits per heavy atom. The Kier molecular flexibility index (Phi) is 6.16. The van der Waals surface area contributed by atoms with Crippen LogP contribution in [0.3, 0.4) is 0 Å². The van der Waals surface area contributed by atoms with Gasteiger partial charge in [-0.05, 0) is 68.5 Å². The number of amides is 2. The number of carbonyl (C=O) groups excluding carboxylic acids is 2. The molecule has 0 spiro atoms. The molecule has 3 rings (SSSR count). The molecular formula is C23H29N3O3S. The van der Waals surface area contributed by atoms with Crippen molar-refractivity contribution in [3.05, 3.63) is 52.7 Å². The number of hydrogen-bond donors (Lipinski definition) is 0. The number of aryl methyl sites for hydroxylation is 1. The fraction of sp³-hybridized carbons (Fsp3) is 0.435. The SMILES string of the molecule is [2H]C([2H])(c1ccc(OCCN(CC)c2ncccc2C)c(C)c1C)C1SC(=O)N(C)C1=O. The Morgan fingerprint density at radius 2 is 2.00 bits per heavy atom. The van der Waals surface area contributed by atoms with Crippen molar-refractivity contribution < 1.29 is 17.1 Å². The van der Waals surface area contributed by atoms with Gasteiger partial charge in [0.15, 0.2) is 0 Å². The van der Waals surface area contributed by atoms with E-state index in [9.17, 15) is 9.59 Å². The smallest absolute Gasteiger partial charge is 0.288 e. The lowest BCUT2D eigenvalue weighted by molar-refractivity contribution is -0.125. The number of nitrogens with zero attached hydrogens (tertiary/aromatic N) is 3. The molecule has 0 N–H and O–H groups in total. The molecule has 2 aromatic rings. The zero-order valence-corrected chi connectivity index (χ0v) is 18.9. The predicted octanol–water partition coefficient (Wildman–Crippen LogP) is 4.15. The molecular weight excluding hydrogens is 398 g/mol. The number of anilines is 1. The highest BCUT2D eigenvalue weighted by Crippen LogP contribution is 2.31. The first-order valence-electron chi connectivity index (χ1n) is 11.0. The molecule has 0 bridgehead atoms. The van der Waals surface area contributed by atoms with Gasteiger partial charge in [-0.1, -0.05) is 23.9 Å². The molecule has 1 aromatic carbocycles. The molecule has 2 amide bonds. The van der Waals surface area contributed by atoms with E-state index in [-0.39, 0.29) is 0 Å². The molecule has 1 fully saturated rings. The molecule has 1 aliphatic heterocycles. The molecule has 2 heterocycles. The number of hydrogen-bond acceptors (Lipinski definition) is 6. The van der Waals surface area contributed by atoms with Crippen LogP contribution >= 0.6 is 11.8 Å². The Balaban J connectivity index is 1.74. The number of aromatic nitrogens is 1. The summed E-state index contributed by atoms with van der Waals surface area (Å²) in [6, 6.07) is 7.36. The minimum atomic E-state index is -1.98. The van der Waals surface area contributed by atoms with Crippen LogP contribution in [0.15, 0.2) is 30.5 Å². The summed E-state index contributed by atoms with van der Waals surface area (Å²) in [7, 11) is 1.38. The predicted molar refractivity (Wildman–Crippen MR) is 122 cm³/mol. The van der Waals surface area contributed by atoms with Gasteiger partial charge in [-0.15, -0.1) is 0 Å². The van der Waals surface area contributed by atoms with Crippen LogP contribution in [0.5, 0.6) is 5.75 Å². The van der Waals surface area contributed by atoms with Crippen molar-refractivity contribution in [1.29, 1.82) is 0 Å². The molecule has 1 saturated heterocycles. The van der Waals surface area contributed by atoms with E-state index in [0.29, 0.717) is 24.5 Å². The average Bonchev–Trinajstić information content (AvgIpc) is 3.02. The number of ether oxygens (including phenoxy) is 1. The maximum absolute atomic E-state index is 12.4. The highest BCUT2D eigenvalue weighted by atomic mass is 32.2. The molecule has 0 saturated carbocycles. The second kappa shape index (κ2) is 9.51. The first-order valence-corrected chi connectivity index (χ1v) is 10.9. The third-order valence-corrected chi connectivity index (χ3v) is 6.38. The van der Waals surface area contributed by atoms with Gasteiger partial charge >= 0.3 is 0 Å². The summed E-state index contributed by atoms with van der Waals surface area (Å²) in [6.45, 7) is 9.73. The number of thioether (sulfide) groups is 1. The van der Waals surface area contributed by atoms with Crippen LogP contribution in [0.1, 0.15) is 31.9 Å². The van der Waals surface area contributed by atoms with Gasteiger partial charge in [-0.3, -0.25) is 14.5 Å². The summed E-state index contributed by atoms with van der Waals surface area (Å²) in [5, 5.41) is -1.52. The van der Waals surface area contributed by atoms with Crippen LogP contribution in [-0.2, 0) is 11.2 Å². The standard InChI is InChI=1S/C23H29N3O3S/c1-6-26(21-15(2)8-7-11-24-21)12-13-29-19-10-9-18(16(3)17(19)4)14-20-22(27)25(5)23(28)30-20/h7-11,20H,6,12-14H2,1-5H3/i14D2. The second-order valence-corrected chi connectivity index (χ2v) is 8.30. The third kappa shape index (κ3) is 4.61. The quantitative estimate of drug-likeness (QED) is 0.628. The Morgan fingerprint density at radius 1 is 1.23 bits per heavy atom. The van der Waals surface area contributed by atoms with Crippen LogP contribution in [0.4, 0.5) is 10.6 Å². The maximum atomic E-state index is 12.4. The van der Waals surface area contributed by atoms with Gasteiger partial charge in [-0.2, -0.15) is 0 Å². The number of imide groups is 1. The first kappa shape index (κ1) is 19.4. The summed E-state index contributed by atoms with van der Waals surface area (Å²) in [6.07, 6.45) is -0.199. The van der Waals surface area contributed by atoms with Gasteiger partial charge in [0.2, 0.25) is 5.91 Å². The summed E-state index contributed by atoms with van der Waals surface area (Å²) >= 11 is 0.741. The van der Waals surface area contributed by atoms with Gasteiger partial charge in [0.1, 0.15) is 18.2 Å². The van der Waals surface area contributed by atoms with Crippen molar-refractivity contribution in [3.63, 3.8) is 0 Å². The van der Waals surface area contributed by atoms with E-state index < -0.39 is 22.8 Å². The molecule has 1 aliphatic rings. The minimum Gasteiger partial charge on any atom is -0.491 e. The van der Waals surface area contributed by atoms with Gasteiger partial charge in [0, 0.05) is 22.5 Å². The number of pyridine rings is 1. The monoisotopic (exact) mass is 429 g/mol. The molecule has 0 aliphatic carbocycles. The zero-order chi connectivity index (χ0) is 23.6. The lowest BCUT2D eigenvalue weighted by Crippen LogP contribution is -2.29. The second-order valence-electron chi connectivity index (χ2n) is 7.24. The van der Waals surface area contributed by atoms with E-state index in [2.05, 4.69) is 16.8 Å². The van der Waals surface area contributed by atoms with E-state index >= 15 is 0 Å². The van der Waals surface area contributed by atoms with E-state index in [1.54, 1.807) is 18.3 Å².